The molecule has 2 aromatic rings. The lowest BCUT2D eigenvalue weighted by Gasteiger charge is -2.34. The molecule has 2 aromatic carbocycles. The van der Waals surface area contributed by atoms with Crippen molar-refractivity contribution in [3.63, 3.8) is 0 Å². The van der Waals surface area contributed by atoms with Crippen molar-refractivity contribution in [1.82, 2.24) is 5.32 Å². The van der Waals surface area contributed by atoms with Gasteiger partial charge in [0.1, 0.15) is 0 Å². The van der Waals surface area contributed by atoms with E-state index in [0.29, 0.717) is 39.1 Å². The molecule has 25 heavy (non-hydrogen) atoms. The first-order valence-electron chi connectivity index (χ1n) is 8.85. The van der Waals surface area contributed by atoms with E-state index < -0.39 is 5.41 Å². The summed E-state index contributed by atoms with van der Waals surface area (Å²) in [5, 5.41) is 3.08. The van der Waals surface area contributed by atoms with Crippen LogP contribution in [0, 0.1) is 12.3 Å². The second-order valence-corrected chi connectivity index (χ2v) is 6.85. The molecule has 0 saturated carbocycles. The van der Waals surface area contributed by atoms with Crippen molar-refractivity contribution >= 4 is 5.91 Å². The average molecular weight is 338 g/mol. The molecule has 1 aliphatic rings. The van der Waals surface area contributed by atoms with Crippen molar-refractivity contribution < 1.29 is 9.53 Å². The van der Waals surface area contributed by atoms with E-state index in [2.05, 4.69) is 48.6 Å². The van der Waals surface area contributed by atoms with E-state index in [1.54, 1.807) is 0 Å². The Labute approximate surface area is 149 Å². The highest BCUT2D eigenvalue weighted by atomic mass is 16.5. The predicted octanol–water partition coefficient (Wildman–Crippen LogP) is 3.03. The maximum Gasteiger partial charge on any atom is 0.227 e. The van der Waals surface area contributed by atoms with Gasteiger partial charge in [-0.05, 0) is 42.5 Å². The summed E-state index contributed by atoms with van der Waals surface area (Å²) in [5.74, 6) is 0.0410. The number of amides is 1. The van der Waals surface area contributed by atoms with Gasteiger partial charge in [0.25, 0.3) is 0 Å². The van der Waals surface area contributed by atoms with Gasteiger partial charge in [0.15, 0.2) is 0 Å². The quantitative estimate of drug-likeness (QED) is 0.881. The van der Waals surface area contributed by atoms with Gasteiger partial charge in [-0.2, -0.15) is 0 Å². The Morgan fingerprint density at radius 2 is 1.80 bits per heavy atom. The maximum atomic E-state index is 12.7. The fourth-order valence-electron chi connectivity index (χ4n) is 3.34. The lowest BCUT2D eigenvalue weighted by atomic mass is 9.79. The van der Waals surface area contributed by atoms with Gasteiger partial charge >= 0.3 is 0 Å². The van der Waals surface area contributed by atoms with Gasteiger partial charge in [0.2, 0.25) is 5.91 Å². The first kappa shape index (κ1) is 17.6. The summed E-state index contributed by atoms with van der Waals surface area (Å²) < 4.78 is 5.38. The summed E-state index contributed by atoms with van der Waals surface area (Å²) in [5.41, 5.74) is 10.1. The molecule has 3 N–H and O–H groups in total. The first-order chi connectivity index (χ1) is 12.1. The Hall–Kier alpha value is -2.17. The summed E-state index contributed by atoms with van der Waals surface area (Å²) >= 11 is 0. The number of ether oxygens (including phenoxy) is 1. The van der Waals surface area contributed by atoms with E-state index in [0.717, 1.165) is 11.1 Å². The number of benzene rings is 2. The molecule has 0 bridgehead atoms. The van der Waals surface area contributed by atoms with Crippen LogP contribution in [0.3, 0.4) is 0 Å². The Balaban J connectivity index is 1.69. The molecule has 1 amide bonds. The monoisotopic (exact) mass is 338 g/mol. The zero-order valence-corrected chi connectivity index (χ0v) is 14.8. The third kappa shape index (κ3) is 4.09. The molecular formula is C21H26N2O2. The van der Waals surface area contributed by atoms with Crippen molar-refractivity contribution in [2.45, 2.75) is 26.3 Å². The number of aryl methyl sites for hydroxylation is 1. The summed E-state index contributed by atoms with van der Waals surface area (Å²) in [7, 11) is 0. The minimum absolute atomic E-state index is 0.0410. The van der Waals surface area contributed by atoms with Crippen molar-refractivity contribution in [2.24, 2.45) is 11.1 Å². The number of rotatable bonds is 5. The van der Waals surface area contributed by atoms with Gasteiger partial charge in [-0.25, -0.2) is 0 Å². The normalized spacial score (nSPS) is 16.4. The minimum atomic E-state index is -0.480. The minimum Gasteiger partial charge on any atom is -0.381 e. The number of carbonyl (C=O) groups excluding carboxylic acids is 1. The lowest BCUT2D eigenvalue weighted by molar-refractivity contribution is -0.136. The molecule has 0 radical (unpaired) electrons. The second kappa shape index (κ2) is 7.81. The maximum absolute atomic E-state index is 12.7. The number of carbonyl (C=O) groups is 1. The smallest absolute Gasteiger partial charge is 0.227 e. The molecule has 0 spiro atoms. The number of nitrogens with two attached hydrogens (primary N) is 1. The van der Waals surface area contributed by atoms with E-state index in [-0.39, 0.29) is 5.91 Å². The highest BCUT2D eigenvalue weighted by Gasteiger charge is 2.38. The van der Waals surface area contributed by atoms with Crippen LogP contribution in [0.25, 0.3) is 11.1 Å². The zero-order valence-electron chi connectivity index (χ0n) is 14.8. The largest absolute Gasteiger partial charge is 0.381 e. The Bertz CT molecular complexity index is 736. The summed E-state index contributed by atoms with van der Waals surface area (Å²) in [6, 6.07) is 16.7. The molecule has 4 heteroatoms. The zero-order chi connectivity index (χ0) is 17.7. The SMILES string of the molecule is Cc1cccc(-c2cccc(CNC(=O)C3(CN)CCOCC3)c2)c1. The Kier molecular flexibility index (Phi) is 5.51. The van der Waals surface area contributed by atoms with Crippen molar-refractivity contribution in [2.75, 3.05) is 19.8 Å². The third-order valence-electron chi connectivity index (χ3n) is 5.05. The number of hydrogen-bond donors (Lipinski definition) is 2. The average Bonchev–Trinajstić information content (AvgIpc) is 2.67. The van der Waals surface area contributed by atoms with Crippen LogP contribution in [0.4, 0.5) is 0 Å². The van der Waals surface area contributed by atoms with E-state index in [9.17, 15) is 4.79 Å². The van der Waals surface area contributed by atoms with E-state index in [4.69, 9.17) is 10.5 Å². The molecular weight excluding hydrogens is 312 g/mol. The van der Waals surface area contributed by atoms with Crippen LogP contribution >= 0.6 is 0 Å². The van der Waals surface area contributed by atoms with E-state index in [1.165, 1.54) is 11.1 Å². The summed E-state index contributed by atoms with van der Waals surface area (Å²) in [6.07, 6.45) is 1.39. The molecule has 0 aliphatic carbocycles. The molecule has 1 heterocycles. The van der Waals surface area contributed by atoms with Crippen LogP contribution in [-0.2, 0) is 16.1 Å². The van der Waals surface area contributed by atoms with Crippen LogP contribution < -0.4 is 11.1 Å². The molecule has 4 nitrogen and oxygen atoms in total. The van der Waals surface area contributed by atoms with Crippen molar-refractivity contribution in [3.8, 4) is 11.1 Å². The van der Waals surface area contributed by atoms with Gasteiger partial charge in [-0.15, -0.1) is 0 Å². The van der Waals surface area contributed by atoms with Crippen LogP contribution in [0.1, 0.15) is 24.0 Å². The lowest BCUT2D eigenvalue weighted by Crippen LogP contribution is -2.48. The first-order valence-corrected chi connectivity index (χ1v) is 8.85. The fourth-order valence-corrected chi connectivity index (χ4v) is 3.34. The molecule has 1 saturated heterocycles. The third-order valence-corrected chi connectivity index (χ3v) is 5.05. The van der Waals surface area contributed by atoms with Gasteiger partial charge in [0, 0.05) is 26.3 Å². The summed E-state index contributed by atoms with van der Waals surface area (Å²) in [4.78, 5) is 12.7. The van der Waals surface area contributed by atoms with Gasteiger partial charge in [-0.3, -0.25) is 4.79 Å². The summed E-state index contributed by atoms with van der Waals surface area (Å²) in [6.45, 7) is 4.18. The van der Waals surface area contributed by atoms with E-state index in [1.807, 2.05) is 12.1 Å². The molecule has 3 rings (SSSR count). The predicted molar refractivity (Wildman–Crippen MR) is 100 cm³/mol. The second-order valence-electron chi connectivity index (χ2n) is 6.85. The van der Waals surface area contributed by atoms with Crippen LogP contribution in [-0.4, -0.2) is 25.7 Å². The van der Waals surface area contributed by atoms with E-state index >= 15 is 0 Å². The Morgan fingerprint density at radius 1 is 1.12 bits per heavy atom. The highest BCUT2D eigenvalue weighted by Crippen LogP contribution is 2.29. The standard InChI is InChI=1S/C21H26N2O2/c1-16-4-2-6-18(12-16)19-7-3-5-17(13-19)14-23-20(24)21(15-22)8-10-25-11-9-21/h2-7,12-13H,8-11,14-15,22H2,1H3,(H,23,24). The van der Waals surface area contributed by atoms with Crippen LogP contribution in [0.15, 0.2) is 48.5 Å². The topological polar surface area (TPSA) is 64.4 Å². The van der Waals surface area contributed by atoms with Crippen LogP contribution in [0.5, 0.6) is 0 Å². The number of nitrogens with one attached hydrogen (secondary N) is 1. The molecule has 0 unspecified atom stereocenters. The molecule has 1 aliphatic heterocycles. The van der Waals surface area contributed by atoms with Crippen molar-refractivity contribution in [3.05, 3.63) is 59.7 Å². The van der Waals surface area contributed by atoms with Crippen LogP contribution in [0.2, 0.25) is 0 Å². The fraction of sp³-hybridized carbons (Fsp3) is 0.381. The van der Waals surface area contributed by atoms with Crippen molar-refractivity contribution in [1.29, 1.82) is 0 Å². The molecule has 1 fully saturated rings. The number of hydrogen-bond acceptors (Lipinski definition) is 3. The molecule has 0 aromatic heterocycles. The molecule has 132 valence electrons. The molecule has 0 atom stereocenters. The van der Waals surface area contributed by atoms with Gasteiger partial charge in [0.05, 0.1) is 5.41 Å². The van der Waals surface area contributed by atoms with Gasteiger partial charge < -0.3 is 15.8 Å². The Morgan fingerprint density at radius 3 is 2.48 bits per heavy atom. The highest BCUT2D eigenvalue weighted by molar-refractivity contribution is 5.83. The van der Waals surface area contributed by atoms with Gasteiger partial charge in [-0.1, -0.05) is 48.0 Å².